The van der Waals surface area contributed by atoms with Crippen LogP contribution in [0.5, 0.6) is 11.5 Å². The van der Waals surface area contributed by atoms with Gasteiger partial charge in [-0.25, -0.2) is 0 Å². The second-order valence-electron chi connectivity index (χ2n) is 7.80. The molecule has 1 atom stereocenters. The predicted molar refractivity (Wildman–Crippen MR) is 127 cm³/mol. The average molecular weight is 494 g/mol. The summed E-state index contributed by atoms with van der Waals surface area (Å²) < 4.78 is 16.6. The van der Waals surface area contributed by atoms with Gasteiger partial charge in [-0.05, 0) is 43.3 Å². The van der Waals surface area contributed by atoms with Gasteiger partial charge in [-0.15, -0.1) is 0 Å². The van der Waals surface area contributed by atoms with Gasteiger partial charge in [0.1, 0.15) is 11.5 Å². The van der Waals surface area contributed by atoms with E-state index in [-0.39, 0.29) is 18.4 Å². The smallest absolute Gasteiger partial charge is 0.267 e. The fraction of sp³-hybridized carbons (Fsp3) is 0.391. The largest absolute Gasteiger partial charge is 0.482 e. The van der Waals surface area contributed by atoms with Crippen LogP contribution in [0, 0.1) is 0 Å². The van der Waals surface area contributed by atoms with E-state index in [9.17, 15) is 9.59 Å². The van der Waals surface area contributed by atoms with Crippen molar-refractivity contribution in [1.82, 2.24) is 4.90 Å². The lowest BCUT2D eigenvalue weighted by Gasteiger charge is -2.35. The van der Waals surface area contributed by atoms with Gasteiger partial charge in [0.25, 0.3) is 11.8 Å². The van der Waals surface area contributed by atoms with E-state index >= 15 is 0 Å². The van der Waals surface area contributed by atoms with E-state index in [1.54, 1.807) is 48.2 Å². The number of fused-ring (bicyclic) bond motifs is 1. The first-order valence-electron chi connectivity index (χ1n) is 10.7. The molecule has 2 amide bonds. The Labute approximate surface area is 202 Å². The number of anilines is 2. The van der Waals surface area contributed by atoms with Crippen LogP contribution in [0.3, 0.4) is 0 Å². The summed E-state index contributed by atoms with van der Waals surface area (Å²) in [4.78, 5) is 29.3. The molecule has 0 radical (unpaired) electrons. The van der Waals surface area contributed by atoms with Crippen molar-refractivity contribution in [3.05, 3.63) is 46.4 Å². The standard InChI is InChI=1S/C23H25Cl2N3O5/c1-15-23(30)28(7-6-27-8-10-31-11-9-27)19-13-17(3-5-21(19)33-15)26-22(29)14-32-20-4-2-16(24)12-18(20)25/h2-5,12-13,15H,6-11,14H2,1H3,(H,26,29). The molecule has 2 aliphatic rings. The Morgan fingerprint density at radius 1 is 1.15 bits per heavy atom. The van der Waals surface area contributed by atoms with Gasteiger partial charge in [-0.2, -0.15) is 0 Å². The lowest BCUT2D eigenvalue weighted by molar-refractivity contribution is -0.125. The lowest BCUT2D eigenvalue weighted by atomic mass is 10.1. The van der Waals surface area contributed by atoms with Gasteiger partial charge in [0.2, 0.25) is 0 Å². The number of hydrogen-bond acceptors (Lipinski definition) is 6. The number of rotatable bonds is 7. The summed E-state index contributed by atoms with van der Waals surface area (Å²) in [5.74, 6) is 0.493. The third-order valence-corrected chi connectivity index (χ3v) is 5.98. The highest BCUT2D eigenvalue weighted by atomic mass is 35.5. The van der Waals surface area contributed by atoms with Crippen molar-refractivity contribution in [3.8, 4) is 11.5 Å². The van der Waals surface area contributed by atoms with Crippen molar-refractivity contribution in [2.24, 2.45) is 0 Å². The summed E-state index contributed by atoms with van der Waals surface area (Å²) in [5.41, 5.74) is 1.16. The van der Waals surface area contributed by atoms with Crippen LogP contribution in [0.2, 0.25) is 10.0 Å². The molecule has 4 rings (SSSR count). The third kappa shape index (κ3) is 5.89. The van der Waals surface area contributed by atoms with Crippen molar-refractivity contribution in [1.29, 1.82) is 0 Å². The Morgan fingerprint density at radius 3 is 2.70 bits per heavy atom. The number of hydrogen-bond donors (Lipinski definition) is 1. The fourth-order valence-electron chi connectivity index (χ4n) is 3.71. The quantitative estimate of drug-likeness (QED) is 0.635. The highest BCUT2D eigenvalue weighted by Crippen LogP contribution is 2.36. The summed E-state index contributed by atoms with van der Waals surface area (Å²) in [6.07, 6.45) is -0.569. The number of nitrogens with one attached hydrogen (secondary N) is 1. The van der Waals surface area contributed by atoms with Crippen LogP contribution in [0.15, 0.2) is 36.4 Å². The van der Waals surface area contributed by atoms with Gasteiger partial charge < -0.3 is 24.4 Å². The van der Waals surface area contributed by atoms with Gasteiger partial charge >= 0.3 is 0 Å². The minimum Gasteiger partial charge on any atom is -0.482 e. The molecule has 0 aromatic heterocycles. The minimum atomic E-state index is -0.569. The SMILES string of the molecule is CC1Oc2ccc(NC(=O)COc3ccc(Cl)cc3Cl)cc2N(CCN2CCOCC2)C1=O. The third-order valence-electron chi connectivity index (χ3n) is 5.45. The first-order chi connectivity index (χ1) is 15.9. The first-order valence-corrected chi connectivity index (χ1v) is 11.5. The predicted octanol–water partition coefficient (Wildman–Crippen LogP) is 3.46. The van der Waals surface area contributed by atoms with E-state index in [1.807, 2.05) is 0 Å². The number of morpholine rings is 1. The molecule has 2 heterocycles. The maximum Gasteiger partial charge on any atom is 0.267 e. The van der Waals surface area contributed by atoms with Crippen LogP contribution in [0.25, 0.3) is 0 Å². The zero-order valence-electron chi connectivity index (χ0n) is 18.2. The molecule has 0 spiro atoms. The molecule has 10 heteroatoms. The van der Waals surface area contributed by atoms with Crippen molar-refractivity contribution >= 4 is 46.4 Å². The van der Waals surface area contributed by atoms with E-state index in [2.05, 4.69) is 10.2 Å². The summed E-state index contributed by atoms with van der Waals surface area (Å²) >= 11 is 12.0. The van der Waals surface area contributed by atoms with Gasteiger partial charge in [0.05, 0.1) is 23.9 Å². The average Bonchev–Trinajstić information content (AvgIpc) is 2.80. The molecule has 176 valence electrons. The van der Waals surface area contributed by atoms with Gasteiger partial charge in [0, 0.05) is 36.9 Å². The molecule has 2 aliphatic heterocycles. The Bertz CT molecular complexity index is 1030. The minimum absolute atomic E-state index is 0.111. The van der Waals surface area contributed by atoms with Gasteiger partial charge in [-0.3, -0.25) is 14.5 Å². The zero-order chi connectivity index (χ0) is 23.4. The molecule has 0 aliphatic carbocycles. The molecule has 1 N–H and O–H groups in total. The number of carbonyl (C=O) groups is 2. The number of amides is 2. The Hall–Kier alpha value is -2.52. The van der Waals surface area contributed by atoms with E-state index in [1.165, 1.54) is 0 Å². The van der Waals surface area contributed by atoms with Gasteiger partial charge in [-0.1, -0.05) is 23.2 Å². The van der Waals surface area contributed by atoms with Crippen molar-refractivity contribution in [3.63, 3.8) is 0 Å². The van der Waals surface area contributed by atoms with E-state index in [0.29, 0.717) is 52.7 Å². The fourth-order valence-corrected chi connectivity index (χ4v) is 4.18. The number of halogens is 2. The molecule has 2 aromatic carbocycles. The molecule has 1 saturated heterocycles. The summed E-state index contributed by atoms with van der Waals surface area (Å²) in [5, 5.41) is 3.60. The lowest BCUT2D eigenvalue weighted by Crippen LogP contribution is -2.48. The van der Waals surface area contributed by atoms with E-state index in [4.69, 9.17) is 37.4 Å². The maximum absolute atomic E-state index is 12.8. The van der Waals surface area contributed by atoms with Crippen LogP contribution in [-0.4, -0.2) is 68.8 Å². The van der Waals surface area contributed by atoms with E-state index < -0.39 is 6.10 Å². The molecule has 2 aromatic rings. The highest BCUT2D eigenvalue weighted by molar-refractivity contribution is 6.35. The maximum atomic E-state index is 12.8. The highest BCUT2D eigenvalue weighted by Gasteiger charge is 2.32. The number of benzene rings is 2. The zero-order valence-corrected chi connectivity index (χ0v) is 19.7. The number of carbonyl (C=O) groups excluding carboxylic acids is 2. The summed E-state index contributed by atoms with van der Waals surface area (Å²) in [6.45, 7) is 5.84. The molecule has 1 unspecified atom stereocenters. The molecule has 0 saturated carbocycles. The Balaban J connectivity index is 1.42. The second-order valence-corrected chi connectivity index (χ2v) is 8.64. The Kier molecular flexibility index (Phi) is 7.60. The van der Waals surface area contributed by atoms with Gasteiger partial charge in [0.15, 0.2) is 12.7 Å². The molecular weight excluding hydrogens is 469 g/mol. The van der Waals surface area contributed by atoms with E-state index in [0.717, 1.165) is 19.6 Å². The van der Waals surface area contributed by atoms with Crippen molar-refractivity contribution in [2.45, 2.75) is 13.0 Å². The first kappa shape index (κ1) is 23.6. The van der Waals surface area contributed by atoms with Crippen LogP contribution < -0.4 is 19.7 Å². The van der Waals surface area contributed by atoms with Crippen LogP contribution in [0.1, 0.15) is 6.92 Å². The monoisotopic (exact) mass is 493 g/mol. The topological polar surface area (TPSA) is 80.3 Å². The van der Waals surface area contributed by atoms with Crippen LogP contribution >= 0.6 is 23.2 Å². The van der Waals surface area contributed by atoms with Crippen LogP contribution in [0.4, 0.5) is 11.4 Å². The second kappa shape index (κ2) is 10.6. The van der Waals surface area contributed by atoms with Crippen LogP contribution in [-0.2, 0) is 14.3 Å². The number of ether oxygens (including phenoxy) is 3. The molecule has 1 fully saturated rings. The summed E-state index contributed by atoms with van der Waals surface area (Å²) in [6, 6.07) is 10.0. The molecular formula is C23H25Cl2N3O5. The van der Waals surface area contributed by atoms with Crippen molar-refractivity contribution in [2.75, 3.05) is 56.2 Å². The molecule has 33 heavy (non-hydrogen) atoms. The molecule has 8 nitrogen and oxygen atoms in total. The molecule has 0 bridgehead atoms. The van der Waals surface area contributed by atoms with Crippen molar-refractivity contribution < 1.29 is 23.8 Å². The number of nitrogens with zero attached hydrogens (tertiary/aromatic N) is 2. The normalized spacial score (nSPS) is 18.5. The summed E-state index contributed by atoms with van der Waals surface area (Å²) in [7, 11) is 0. The Morgan fingerprint density at radius 2 is 1.94 bits per heavy atom.